The molecule has 9 atom stereocenters. The van der Waals surface area contributed by atoms with Crippen molar-refractivity contribution in [3.8, 4) is 23.0 Å². The van der Waals surface area contributed by atoms with E-state index in [1.807, 2.05) is 0 Å². The number of thioether (sulfide) groups is 1. The van der Waals surface area contributed by atoms with Crippen LogP contribution in [0.2, 0.25) is 0 Å². The number of methoxy groups -OCH3 is 4. The average molecular weight is 701 g/mol. The zero-order valence-electron chi connectivity index (χ0n) is 27.1. The predicted molar refractivity (Wildman–Crippen MR) is 171 cm³/mol. The van der Waals surface area contributed by atoms with Gasteiger partial charge in [0.25, 0.3) is 11.8 Å². The van der Waals surface area contributed by atoms with Crippen molar-refractivity contribution in [3.63, 3.8) is 0 Å². The molecule has 16 nitrogen and oxygen atoms in total. The Kier molecular flexibility index (Phi) is 15.0. The zero-order valence-corrected chi connectivity index (χ0v) is 28.0. The second kappa shape index (κ2) is 18.4. The van der Waals surface area contributed by atoms with Crippen LogP contribution in [-0.4, -0.2) is 144 Å². The fraction of sp³-hybridized carbons (Fsp3) is 0.548. The van der Waals surface area contributed by atoms with Crippen molar-refractivity contribution in [2.75, 3.05) is 48.2 Å². The van der Waals surface area contributed by atoms with E-state index in [2.05, 4.69) is 10.6 Å². The number of hydrogen-bond acceptors (Lipinski definition) is 15. The van der Waals surface area contributed by atoms with Crippen molar-refractivity contribution in [2.24, 2.45) is 0 Å². The minimum absolute atomic E-state index is 0.0885. The van der Waals surface area contributed by atoms with Gasteiger partial charge in [-0.25, -0.2) is 0 Å². The largest absolute Gasteiger partial charge is 0.497 e. The van der Waals surface area contributed by atoms with Crippen LogP contribution in [0.4, 0.5) is 0 Å². The summed E-state index contributed by atoms with van der Waals surface area (Å²) in [4.78, 5) is 26.2. The number of carbonyl (C=O) groups is 2. The van der Waals surface area contributed by atoms with Crippen molar-refractivity contribution in [2.45, 2.75) is 60.5 Å². The molecule has 0 spiro atoms. The summed E-state index contributed by atoms with van der Waals surface area (Å²) < 4.78 is 32.4. The molecule has 1 heterocycles. The fourth-order valence-electron chi connectivity index (χ4n) is 4.70. The Balaban J connectivity index is 1.83. The van der Waals surface area contributed by atoms with E-state index in [0.717, 1.165) is 0 Å². The molecule has 0 saturated carbocycles. The van der Waals surface area contributed by atoms with Crippen molar-refractivity contribution in [3.05, 3.63) is 47.5 Å². The highest BCUT2D eigenvalue weighted by atomic mass is 32.2. The quantitative estimate of drug-likeness (QED) is 0.0912. The summed E-state index contributed by atoms with van der Waals surface area (Å²) in [5.74, 6) is 0.0387. The number of benzene rings is 2. The normalized spacial score (nSPS) is 23.3. The van der Waals surface area contributed by atoms with Crippen molar-refractivity contribution >= 4 is 23.6 Å². The van der Waals surface area contributed by atoms with Gasteiger partial charge in [-0.15, -0.1) is 0 Å². The molecule has 1 aliphatic heterocycles. The fourth-order valence-corrected chi connectivity index (χ4v) is 5.99. The SMILES string of the molecule is COc1cc(OC)cc(C(=O)NC[C@H](O)C(OC(CO)[C@@H](C)O)S[C@@H]2O[C@H](CO)C(O)C(NC(=O)c3cc(OC)cc(OC)c3)C2O)c1. The Morgan fingerprint density at radius 1 is 0.833 bits per heavy atom. The van der Waals surface area contributed by atoms with Gasteiger partial charge >= 0.3 is 0 Å². The van der Waals surface area contributed by atoms with Gasteiger partial charge < -0.3 is 69.7 Å². The Labute approximate surface area is 281 Å². The third-order valence-electron chi connectivity index (χ3n) is 7.49. The molecule has 0 bridgehead atoms. The number of amides is 2. The van der Waals surface area contributed by atoms with Gasteiger partial charge in [0.05, 0.1) is 53.8 Å². The lowest BCUT2D eigenvalue weighted by Crippen LogP contribution is -2.64. The molecule has 2 aromatic carbocycles. The molecule has 2 aromatic rings. The molecule has 2 amide bonds. The van der Waals surface area contributed by atoms with Crippen molar-refractivity contribution < 1.29 is 68.6 Å². The molecule has 1 saturated heterocycles. The topological polar surface area (TPSA) is 235 Å². The van der Waals surface area contributed by atoms with E-state index in [4.69, 9.17) is 28.4 Å². The van der Waals surface area contributed by atoms with Gasteiger partial charge in [0.15, 0.2) is 0 Å². The second-order valence-corrected chi connectivity index (χ2v) is 12.0. The van der Waals surface area contributed by atoms with Gasteiger partial charge in [0.2, 0.25) is 0 Å². The third-order valence-corrected chi connectivity index (χ3v) is 8.84. The molecule has 17 heteroatoms. The van der Waals surface area contributed by atoms with Crippen LogP contribution in [0.15, 0.2) is 36.4 Å². The van der Waals surface area contributed by atoms with Gasteiger partial charge in [-0.05, 0) is 31.2 Å². The smallest absolute Gasteiger partial charge is 0.251 e. The summed E-state index contributed by atoms with van der Waals surface area (Å²) in [5.41, 5.74) is -2.46. The lowest BCUT2D eigenvalue weighted by Gasteiger charge is -2.43. The summed E-state index contributed by atoms with van der Waals surface area (Å²) in [5, 5.41) is 68.5. The van der Waals surface area contributed by atoms with Gasteiger partial charge in [0.1, 0.15) is 64.4 Å². The first-order valence-corrected chi connectivity index (χ1v) is 15.8. The highest BCUT2D eigenvalue weighted by Crippen LogP contribution is 2.34. The van der Waals surface area contributed by atoms with E-state index >= 15 is 0 Å². The first kappa shape index (κ1) is 39.1. The molecule has 8 N–H and O–H groups in total. The number of hydrogen-bond donors (Lipinski definition) is 8. The number of carbonyl (C=O) groups excluding carboxylic acids is 2. The van der Waals surface area contributed by atoms with Crippen molar-refractivity contribution in [1.82, 2.24) is 10.6 Å². The Hall–Kier alpha value is -3.39. The zero-order chi connectivity index (χ0) is 35.5. The van der Waals surface area contributed by atoms with Gasteiger partial charge in [0, 0.05) is 29.8 Å². The minimum Gasteiger partial charge on any atom is -0.497 e. The lowest BCUT2D eigenvalue weighted by molar-refractivity contribution is -0.166. The summed E-state index contributed by atoms with van der Waals surface area (Å²) in [7, 11) is 5.66. The molecule has 48 heavy (non-hydrogen) atoms. The van der Waals surface area contributed by atoms with Gasteiger partial charge in [-0.1, -0.05) is 11.8 Å². The second-order valence-electron chi connectivity index (χ2n) is 10.8. The maximum Gasteiger partial charge on any atom is 0.251 e. The van der Waals surface area contributed by atoms with Crippen LogP contribution >= 0.6 is 11.8 Å². The molecular weight excluding hydrogens is 656 g/mol. The Morgan fingerprint density at radius 3 is 1.77 bits per heavy atom. The van der Waals surface area contributed by atoms with E-state index in [9.17, 15) is 40.2 Å². The summed E-state index contributed by atoms with van der Waals surface area (Å²) in [6.45, 7) is -0.394. The van der Waals surface area contributed by atoms with E-state index in [-0.39, 0.29) is 11.1 Å². The molecular formula is C31H44N2O14S. The molecule has 5 unspecified atom stereocenters. The van der Waals surface area contributed by atoms with Crippen LogP contribution in [0.5, 0.6) is 23.0 Å². The molecule has 0 aliphatic carbocycles. The van der Waals surface area contributed by atoms with Crippen LogP contribution in [0.25, 0.3) is 0 Å². The molecule has 1 fully saturated rings. The summed E-state index contributed by atoms with van der Waals surface area (Å²) in [6, 6.07) is 7.52. The summed E-state index contributed by atoms with van der Waals surface area (Å²) in [6.07, 6.45) is -8.41. The van der Waals surface area contributed by atoms with Crippen LogP contribution in [0, 0.1) is 0 Å². The highest BCUT2D eigenvalue weighted by molar-refractivity contribution is 8.00. The molecule has 3 rings (SSSR count). The lowest BCUT2D eigenvalue weighted by atomic mass is 9.96. The van der Waals surface area contributed by atoms with Crippen LogP contribution in [0.3, 0.4) is 0 Å². The van der Waals surface area contributed by atoms with E-state index in [0.29, 0.717) is 34.8 Å². The van der Waals surface area contributed by atoms with E-state index in [1.54, 1.807) is 12.1 Å². The average Bonchev–Trinajstić information content (AvgIpc) is 3.10. The first-order chi connectivity index (χ1) is 22.9. The van der Waals surface area contributed by atoms with E-state index in [1.165, 1.54) is 59.6 Å². The number of ether oxygens (including phenoxy) is 6. The maximum absolute atomic E-state index is 13.2. The van der Waals surface area contributed by atoms with Gasteiger partial charge in [-0.2, -0.15) is 0 Å². The number of aliphatic hydroxyl groups excluding tert-OH is 6. The monoisotopic (exact) mass is 700 g/mol. The van der Waals surface area contributed by atoms with Crippen molar-refractivity contribution in [1.29, 1.82) is 0 Å². The van der Waals surface area contributed by atoms with E-state index < -0.39 is 85.1 Å². The number of nitrogens with one attached hydrogen (secondary N) is 2. The summed E-state index contributed by atoms with van der Waals surface area (Å²) >= 11 is 0.691. The molecule has 268 valence electrons. The van der Waals surface area contributed by atoms with Crippen LogP contribution in [-0.2, 0) is 9.47 Å². The molecule has 1 aliphatic rings. The minimum atomic E-state index is -1.64. The van der Waals surface area contributed by atoms with Gasteiger partial charge in [-0.3, -0.25) is 9.59 Å². The van der Waals surface area contributed by atoms with Crippen LogP contribution in [0.1, 0.15) is 27.6 Å². The highest BCUT2D eigenvalue weighted by Gasteiger charge is 2.47. The Morgan fingerprint density at radius 2 is 1.33 bits per heavy atom. The Bertz CT molecular complexity index is 1310. The van der Waals surface area contributed by atoms with Crippen LogP contribution < -0.4 is 29.6 Å². The predicted octanol–water partition coefficient (Wildman–Crippen LogP) is -1.13. The third kappa shape index (κ3) is 10.1. The maximum atomic E-state index is 13.2. The number of aliphatic hydroxyl groups is 6. The standard InChI is InChI=1S/C31H44N2O14S/c1-15(36)23(13-34)46-30(22(37)12-32-28(40)16-6-18(42-2)10-19(7-16)43-3)48-31-27(39)25(26(38)24(14-35)47-31)33-29(41)17-8-20(44-4)11-21(9-17)45-5/h6-11,15,22-27,30-31,34-39H,12-14H2,1-5H3,(H,32,40)(H,33,41)/t15-,22+,23?,24-,25?,26?,27?,30?,31+/m1/s1. The number of rotatable bonds is 17. The first-order valence-electron chi connectivity index (χ1n) is 14.8. The molecule has 0 radical (unpaired) electrons. The molecule has 0 aromatic heterocycles.